The number of ether oxygens (including phenoxy) is 3. The standard InChI is InChI=1S/C13H17NO4/c1-2-5-13(6-3-1)16-8-10(17-13)11-12-9(18-14-11)4-7-15-12/h4,7,9-10,12H,1-3,5-6,8H2/t9-,10-,12+/m1/s1. The number of hydrogen-bond acceptors (Lipinski definition) is 5. The van der Waals surface area contributed by atoms with Gasteiger partial charge in [0.15, 0.2) is 18.0 Å². The average molecular weight is 251 g/mol. The zero-order valence-corrected chi connectivity index (χ0v) is 10.2. The van der Waals surface area contributed by atoms with Crippen LogP contribution in [0.3, 0.4) is 0 Å². The summed E-state index contributed by atoms with van der Waals surface area (Å²) in [5.74, 6) is -0.366. The summed E-state index contributed by atoms with van der Waals surface area (Å²) < 4.78 is 17.6. The molecule has 18 heavy (non-hydrogen) atoms. The highest BCUT2D eigenvalue weighted by Crippen LogP contribution is 2.39. The van der Waals surface area contributed by atoms with Crippen LogP contribution in [-0.2, 0) is 19.0 Å². The molecule has 0 aromatic carbocycles. The fourth-order valence-corrected chi connectivity index (χ4v) is 3.18. The molecule has 1 saturated heterocycles. The first-order chi connectivity index (χ1) is 8.86. The van der Waals surface area contributed by atoms with Gasteiger partial charge in [0, 0.05) is 12.8 Å². The van der Waals surface area contributed by atoms with Crippen LogP contribution in [0.2, 0.25) is 0 Å². The van der Waals surface area contributed by atoms with Crippen molar-refractivity contribution in [2.45, 2.75) is 56.2 Å². The SMILES string of the molecule is C1=C[C@H]2ON=C([C@H]3COC4(CCCCC4)O3)[C@H]2O1. The summed E-state index contributed by atoms with van der Waals surface area (Å²) in [7, 11) is 0. The number of hydrogen-bond donors (Lipinski definition) is 0. The van der Waals surface area contributed by atoms with E-state index in [-0.39, 0.29) is 24.1 Å². The van der Waals surface area contributed by atoms with E-state index in [9.17, 15) is 0 Å². The topological polar surface area (TPSA) is 49.3 Å². The monoisotopic (exact) mass is 251 g/mol. The van der Waals surface area contributed by atoms with Gasteiger partial charge in [0.05, 0.1) is 12.9 Å². The molecule has 0 aromatic rings. The zero-order valence-electron chi connectivity index (χ0n) is 10.2. The zero-order chi connectivity index (χ0) is 12.0. The van der Waals surface area contributed by atoms with Crippen LogP contribution in [0.1, 0.15) is 32.1 Å². The van der Waals surface area contributed by atoms with Gasteiger partial charge in [-0.1, -0.05) is 11.6 Å². The third-order valence-corrected chi connectivity index (χ3v) is 4.16. The Kier molecular flexibility index (Phi) is 2.38. The fourth-order valence-electron chi connectivity index (χ4n) is 3.18. The van der Waals surface area contributed by atoms with Gasteiger partial charge in [-0.05, 0) is 18.9 Å². The molecular formula is C13H17NO4. The van der Waals surface area contributed by atoms with Crippen molar-refractivity contribution in [3.63, 3.8) is 0 Å². The number of oxime groups is 1. The molecule has 4 rings (SSSR count). The second kappa shape index (κ2) is 3.96. The van der Waals surface area contributed by atoms with Crippen molar-refractivity contribution in [3.8, 4) is 0 Å². The molecule has 0 aromatic heterocycles. The minimum atomic E-state index is -0.366. The molecule has 3 atom stereocenters. The second-order valence-electron chi connectivity index (χ2n) is 5.36. The quantitative estimate of drug-likeness (QED) is 0.712. The van der Waals surface area contributed by atoms with Gasteiger partial charge in [0.25, 0.3) is 0 Å². The molecule has 2 fully saturated rings. The van der Waals surface area contributed by atoms with E-state index in [1.165, 1.54) is 19.3 Å². The van der Waals surface area contributed by atoms with E-state index in [0.29, 0.717) is 6.61 Å². The summed E-state index contributed by atoms with van der Waals surface area (Å²) in [4.78, 5) is 5.32. The normalized spacial score (nSPS) is 40.4. The maximum Gasteiger partial charge on any atom is 0.191 e. The number of rotatable bonds is 1. The van der Waals surface area contributed by atoms with Gasteiger partial charge in [-0.2, -0.15) is 0 Å². The highest BCUT2D eigenvalue weighted by atomic mass is 16.7. The molecule has 0 unspecified atom stereocenters. The van der Waals surface area contributed by atoms with Gasteiger partial charge in [0.2, 0.25) is 0 Å². The smallest absolute Gasteiger partial charge is 0.191 e. The van der Waals surface area contributed by atoms with Crippen LogP contribution >= 0.6 is 0 Å². The van der Waals surface area contributed by atoms with Crippen molar-refractivity contribution < 1.29 is 19.0 Å². The van der Waals surface area contributed by atoms with Crippen molar-refractivity contribution in [3.05, 3.63) is 12.3 Å². The van der Waals surface area contributed by atoms with Crippen LogP contribution in [0.15, 0.2) is 17.5 Å². The highest BCUT2D eigenvalue weighted by molar-refractivity contribution is 5.95. The first kappa shape index (κ1) is 10.8. The Bertz CT molecular complexity index is 400. The molecule has 3 heterocycles. The van der Waals surface area contributed by atoms with Crippen molar-refractivity contribution >= 4 is 5.71 Å². The van der Waals surface area contributed by atoms with Crippen LogP contribution in [0.25, 0.3) is 0 Å². The lowest BCUT2D eigenvalue weighted by Gasteiger charge is -2.31. The van der Waals surface area contributed by atoms with Crippen molar-refractivity contribution in [2.75, 3.05) is 6.61 Å². The van der Waals surface area contributed by atoms with Crippen molar-refractivity contribution in [2.24, 2.45) is 5.16 Å². The van der Waals surface area contributed by atoms with Gasteiger partial charge in [-0.25, -0.2) is 0 Å². The van der Waals surface area contributed by atoms with E-state index in [2.05, 4.69) is 5.16 Å². The Morgan fingerprint density at radius 3 is 3.00 bits per heavy atom. The van der Waals surface area contributed by atoms with Crippen LogP contribution < -0.4 is 0 Å². The summed E-state index contributed by atoms with van der Waals surface area (Å²) in [5, 5.41) is 4.12. The van der Waals surface area contributed by atoms with E-state index in [1.807, 2.05) is 6.08 Å². The van der Waals surface area contributed by atoms with E-state index in [4.69, 9.17) is 19.0 Å². The molecular weight excluding hydrogens is 234 g/mol. The Hall–Kier alpha value is -1.07. The highest BCUT2D eigenvalue weighted by Gasteiger charge is 2.49. The molecule has 0 radical (unpaired) electrons. The van der Waals surface area contributed by atoms with Crippen LogP contribution in [0.4, 0.5) is 0 Å². The molecule has 0 bridgehead atoms. The van der Waals surface area contributed by atoms with Gasteiger partial charge in [-0.3, -0.25) is 0 Å². The summed E-state index contributed by atoms with van der Waals surface area (Å²) >= 11 is 0. The molecule has 0 N–H and O–H groups in total. The lowest BCUT2D eigenvalue weighted by Crippen LogP contribution is -2.38. The molecule has 5 nitrogen and oxygen atoms in total. The van der Waals surface area contributed by atoms with Crippen molar-refractivity contribution in [1.29, 1.82) is 0 Å². The van der Waals surface area contributed by atoms with Crippen LogP contribution in [0, 0.1) is 0 Å². The van der Waals surface area contributed by atoms with E-state index >= 15 is 0 Å². The first-order valence-corrected chi connectivity index (χ1v) is 6.74. The van der Waals surface area contributed by atoms with Gasteiger partial charge in [0.1, 0.15) is 11.8 Å². The number of nitrogens with zero attached hydrogens (tertiary/aromatic N) is 1. The van der Waals surface area contributed by atoms with Crippen molar-refractivity contribution in [1.82, 2.24) is 0 Å². The lowest BCUT2D eigenvalue weighted by atomic mass is 9.94. The van der Waals surface area contributed by atoms with E-state index < -0.39 is 0 Å². The Morgan fingerprint density at radius 2 is 2.11 bits per heavy atom. The maximum absolute atomic E-state index is 6.14. The summed E-state index contributed by atoms with van der Waals surface area (Å²) in [6.45, 7) is 0.564. The van der Waals surface area contributed by atoms with Crippen LogP contribution in [0.5, 0.6) is 0 Å². The second-order valence-corrected chi connectivity index (χ2v) is 5.36. The Morgan fingerprint density at radius 1 is 1.22 bits per heavy atom. The molecule has 1 saturated carbocycles. The Balaban J connectivity index is 1.48. The van der Waals surface area contributed by atoms with Crippen LogP contribution in [-0.4, -0.2) is 36.4 Å². The van der Waals surface area contributed by atoms with E-state index in [0.717, 1.165) is 18.6 Å². The number of fused-ring (bicyclic) bond motifs is 1. The molecule has 5 heteroatoms. The molecule has 1 spiro atoms. The summed E-state index contributed by atoms with van der Waals surface area (Å²) in [6.07, 6.45) is 8.88. The van der Waals surface area contributed by atoms with E-state index in [1.54, 1.807) is 6.26 Å². The average Bonchev–Trinajstić information content (AvgIpc) is 3.05. The molecule has 0 amide bonds. The minimum absolute atomic E-state index is 0.0773. The molecule has 98 valence electrons. The molecule has 1 aliphatic carbocycles. The van der Waals surface area contributed by atoms with Gasteiger partial charge in [-0.15, -0.1) is 0 Å². The Labute approximate surface area is 106 Å². The molecule has 4 aliphatic rings. The predicted octanol–water partition coefficient (Wildman–Crippen LogP) is 1.73. The largest absolute Gasteiger partial charge is 0.488 e. The summed E-state index contributed by atoms with van der Waals surface area (Å²) in [6, 6.07) is 0. The minimum Gasteiger partial charge on any atom is -0.488 e. The third kappa shape index (κ3) is 1.57. The van der Waals surface area contributed by atoms with Gasteiger partial charge >= 0.3 is 0 Å². The predicted molar refractivity (Wildman–Crippen MR) is 63.0 cm³/mol. The van der Waals surface area contributed by atoms with Gasteiger partial charge < -0.3 is 19.0 Å². The first-order valence-electron chi connectivity index (χ1n) is 6.74. The summed E-state index contributed by atoms with van der Waals surface area (Å²) in [5.41, 5.74) is 0.840. The lowest BCUT2D eigenvalue weighted by molar-refractivity contribution is -0.181. The maximum atomic E-state index is 6.14. The fraction of sp³-hybridized carbons (Fsp3) is 0.769. The molecule has 3 aliphatic heterocycles. The third-order valence-electron chi connectivity index (χ3n) is 4.16.